The zero-order chi connectivity index (χ0) is 12.4. The maximum atomic E-state index is 12.1. The molecule has 0 aliphatic rings. The Bertz CT molecular complexity index is 547. The van der Waals surface area contributed by atoms with Crippen molar-refractivity contribution in [1.29, 1.82) is 0 Å². The second kappa shape index (κ2) is 5.21. The molecule has 0 saturated heterocycles. The summed E-state index contributed by atoms with van der Waals surface area (Å²) in [5.41, 5.74) is 0.979. The number of thiophene rings is 1. The van der Waals surface area contributed by atoms with Gasteiger partial charge in [0.25, 0.3) is 0 Å². The van der Waals surface area contributed by atoms with Crippen LogP contribution in [0.3, 0.4) is 0 Å². The van der Waals surface area contributed by atoms with E-state index in [1.807, 2.05) is 0 Å². The van der Waals surface area contributed by atoms with E-state index in [0.29, 0.717) is 19.8 Å². The summed E-state index contributed by atoms with van der Waals surface area (Å²) in [6.45, 7) is 2.85. The van der Waals surface area contributed by atoms with Crippen LogP contribution in [-0.2, 0) is 6.54 Å². The second-order valence-electron chi connectivity index (χ2n) is 3.56. The van der Waals surface area contributed by atoms with Gasteiger partial charge in [-0.2, -0.15) is 5.10 Å². The molecule has 17 heavy (non-hydrogen) atoms. The molecule has 0 aliphatic heterocycles. The van der Waals surface area contributed by atoms with E-state index >= 15 is 0 Å². The van der Waals surface area contributed by atoms with Crippen LogP contribution in [0.2, 0.25) is 8.67 Å². The number of nitrogens with zero attached hydrogens (tertiary/aromatic N) is 2. The van der Waals surface area contributed by atoms with Crippen LogP contribution < -0.4 is 0 Å². The SMILES string of the molecule is CCCn1cc(C(=O)c2cc(Cl)sc2Cl)cn1. The van der Waals surface area contributed by atoms with Gasteiger partial charge in [0.2, 0.25) is 0 Å². The van der Waals surface area contributed by atoms with Gasteiger partial charge in [0, 0.05) is 12.7 Å². The molecule has 0 spiro atoms. The van der Waals surface area contributed by atoms with E-state index in [2.05, 4.69) is 12.0 Å². The van der Waals surface area contributed by atoms with Crippen LogP contribution in [0.1, 0.15) is 29.3 Å². The quantitative estimate of drug-likeness (QED) is 0.800. The average Bonchev–Trinajstić information content (AvgIpc) is 2.85. The second-order valence-corrected chi connectivity index (χ2v) is 5.84. The Labute approximate surface area is 113 Å². The van der Waals surface area contributed by atoms with Gasteiger partial charge >= 0.3 is 0 Å². The number of aryl methyl sites for hydroxylation is 1. The van der Waals surface area contributed by atoms with Gasteiger partial charge < -0.3 is 0 Å². The number of aromatic nitrogens is 2. The first-order valence-electron chi connectivity index (χ1n) is 5.13. The average molecular weight is 289 g/mol. The Balaban J connectivity index is 2.27. The fourth-order valence-corrected chi connectivity index (χ4v) is 2.94. The molecule has 90 valence electrons. The van der Waals surface area contributed by atoms with E-state index in [-0.39, 0.29) is 5.78 Å². The first-order valence-corrected chi connectivity index (χ1v) is 6.71. The lowest BCUT2D eigenvalue weighted by atomic mass is 10.1. The largest absolute Gasteiger partial charge is 0.288 e. The van der Waals surface area contributed by atoms with Crippen molar-refractivity contribution in [2.75, 3.05) is 0 Å². The van der Waals surface area contributed by atoms with Crippen LogP contribution in [0.4, 0.5) is 0 Å². The molecule has 0 saturated carbocycles. The highest BCUT2D eigenvalue weighted by Crippen LogP contribution is 2.32. The summed E-state index contributed by atoms with van der Waals surface area (Å²) in [6.07, 6.45) is 4.26. The van der Waals surface area contributed by atoms with Crippen LogP contribution in [0.25, 0.3) is 0 Å². The Morgan fingerprint density at radius 2 is 2.29 bits per heavy atom. The maximum Gasteiger partial charge on any atom is 0.198 e. The molecule has 0 bridgehead atoms. The normalized spacial score (nSPS) is 10.8. The maximum absolute atomic E-state index is 12.1. The minimum absolute atomic E-state index is 0.138. The van der Waals surface area contributed by atoms with Gasteiger partial charge in [-0.1, -0.05) is 30.1 Å². The number of carbonyl (C=O) groups excluding carboxylic acids is 1. The third-order valence-electron chi connectivity index (χ3n) is 2.25. The number of halogens is 2. The highest BCUT2D eigenvalue weighted by Gasteiger charge is 2.17. The van der Waals surface area contributed by atoms with E-state index < -0.39 is 0 Å². The molecule has 2 aromatic rings. The molecule has 0 atom stereocenters. The van der Waals surface area contributed by atoms with Crippen LogP contribution in [0.5, 0.6) is 0 Å². The van der Waals surface area contributed by atoms with Gasteiger partial charge in [-0.3, -0.25) is 9.48 Å². The lowest BCUT2D eigenvalue weighted by Crippen LogP contribution is -1.99. The fourth-order valence-electron chi connectivity index (χ4n) is 1.48. The van der Waals surface area contributed by atoms with Crippen molar-refractivity contribution in [2.24, 2.45) is 0 Å². The molecular weight excluding hydrogens is 279 g/mol. The van der Waals surface area contributed by atoms with E-state index in [0.717, 1.165) is 13.0 Å². The van der Waals surface area contributed by atoms with Crippen LogP contribution in [0.15, 0.2) is 18.5 Å². The molecule has 0 fully saturated rings. The van der Waals surface area contributed by atoms with Crippen LogP contribution >= 0.6 is 34.5 Å². The van der Waals surface area contributed by atoms with Crippen molar-refractivity contribution in [3.05, 3.63) is 38.3 Å². The van der Waals surface area contributed by atoms with Crippen molar-refractivity contribution < 1.29 is 4.79 Å². The first-order chi connectivity index (χ1) is 8.11. The van der Waals surface area contributed by atoms with Crippen molar-refractivity contribution in [2.45, 2.75) is 19.9 Å². The zero-order valence-corrected chi connectivity index (χ0v) is 11.4. The predicted molar refractivity (Wildman–Crippen MR) is 70.3 cm³/mol. The summed E-state index contributed by atoms with van der Waals surface area (Å²) < 4.78 is 2.68. The summed E-state index contributed by atoms with van der Waals surface area (Å²) in [5.74, 6) is -0.138. The van der Waals surface area contributed by atoms with Gasteiger partial charge in [0.05, 0.1) is 21.7 Å². The van der Waals surface area contributed by atoms with E-state index in [9.17, 15) is 4.79 Å². The predicted octanol–water partition coefficient (Wildman–Crippen LogP) is 3.89. The van der Waals surface area contributed by atoms with Crippen molar-refractivity contribution in [3.8, 4) is 0 Å². The molecule has 6 heteroatoms. The Morgan fingerprint density at radius 3 is 2.88 bits per heavy atom. The molecule has 0 aliphatic carbocycles. The van der Waals surface area contributed by atoms with Crippen molar-refractivity contribution in [1.82, 2.24) is 9.78 Å². The molecule has 3 nitrogen and oxygen atoms in total. The number of rotatable bonds is 4. The van der Waals surface area contributed by atoms with Gasteiger partial charge in [-0.25, -0.2) is 0 Å². The van der Waals surface area contributed by atoms with Gasteiger partial charge in [0.15, 0.2) is 5.78 Å². The number of carbonyl (C=O) groups is 1. The summed E-state index contributed by atoms with van der Waals surface area (Å²) in [4.78, 5) is 12.1. The Kier molecular flexibility index (Phi) is 3.86. The third kappa shape index (κ3) is 2.70. The van der Waals surface area contributed by atoms with E-state index in [4.69, 9.17) is 23.2 Å². The highest BCUT2D eigenvalue weighted by molar-refractivity contribution is 7.20. The molecule has 2 heterocycles. The van der Waals surface area contributed by atoms with Gasteiger partial charge in [-0.05, 0) is 12.5 Å². The van der Waals surface area contributed by atoms with Crippen molar-refractivity contribution >= 4 is 40.3 Å². The summed E-state index contributed by atoms with van der Waals surface area (Å²) in [6, 6.07) is 1.59. The molecule has 2 aromatic heterocycles. The number of hydrogen-bond donors (Lipinski definition) is 0. The smallest absolute Gasteiger partial charge is 0.198 e. The molecular formula is C11H10Cl2N2OS. The van der Waals surface area contributed by atoms with E-state index in [1.165, 1.54) is 11.3 Å². The topological polar surface area (TPSA) is 34.9 Å². The minimum Gasteiger partial charge on any atom is -0.288 e. The minimum atomic E-state index is -0.138. The lowest BCUT2D eigenvalue weighted by Gasteiger charge is -1.96. The Morgan fingerprint density at radius 1 is 1.53 bits per heavy atom. The molecule has 0 amide bonds. The standard InChI is InChI=1S/C11H10Cl2N2OS/c1-2-3-15-6-7(5-14-15)10(16)8-4-9(12)17-11(8)13/h4-6H,2-3H2,1H3. The Hall–Kier alpha value is -0.840. The van der Waals surface area contributed by atoms with Crippen LogP contribution in [0, 0.1) is 0 Å². The summed E-state index contributed by atoms with van der Waals surface area (Å²) in [5, 5.41) is 4.11. The van der Waals surface area contributed by atoms with Crippen LogP contribution in [-0.4, -0.2) is 15.6 Å². The van der Waals surface area contributed by atoms with Gasteiger partial charge in [-0.15, -0.1) is 11.3 Å². The number of hydrogen-bond acceptors (Lipinski definition) is 3. The first kappa shape index (κ1) is 12.6. The molecule has 0 aromatic carbocycles. The monoisotopic (exact) mass is 288 g/mol. The molecule has 0 N–H and O–H groups in total. The molecule has 0 radical (unpaired) electrons. The van der Waals surface area contributed by atoms with Crippen molar-refractivity contribution in [3.63, 3.8) is 0 Å². The zero-order valence-electron chi connectivity index (χ0n) is 9.11. The summed E-state index contributed by atoms with van der Waals surface area (Å²) in [7, 11) is 0. The van der Waals surface area contributed by atoms with E-state index in [1.54, 1.807) is 23.1 Å². The number of ketones is 1. The fraction of sp³-hybridized carbons (Fsp3) is 0.273. The summed E-state index contributed by atoms with van der Waals surface area (Å²) >= 11 is 12.9. The molecule has 2 rings (SSSR count). The lowest BCUT2D eigenvalue weighted by molar-refractivity contribution is 0.103. The molecule has 0 unspecified atom stereocenters. The highest BCUT2D eigenvalue weighted by atomic mass is 35.5. The third-order valence-corrected chi connectivity index (χ3v) is 3.74. The van der Waals surface area contributed by atoms with Gasteiger partial charge in [0.1, 0.15) is 4.34 Å².